The van der Waals surface area contributed by atoms with Crippen molar-refractivity contribution >= 4 is 17.5 Å². The van der Waals surface area contributed by atoms with Crippen molar-refractivity contribution in [2.24, 2.45) is 5.92 Å². The van der Waals surface area contributed by atoms with Crippen molar-refractivity contribution < 1.29 is 4.79 Å². The number of nitrogens with zero attached hydrogens (tertiary/aromatic N) is 2. The molecule has 2 rings (SSSR count). The van der Waals surface area contributed by atoms with Gasteiger partial charge in [-0.3, -0.25) is 9.69 Å². The number of nitrogens with one attached hydrogen (secondary N) is 1. The van der Waals surface area contributed by atoms with Crippen LogP contribution in [0, 0.1) is 5.92 Å². The van der Waals surface area contributed by atoms with Gasteiger partial charge in [-0.2, -0.15) is 0 Å². The highest BCUT2D eigenvalue weighted by atomic mass is 35.5. The van der Waals surface area contributed by atoms with Gasteiger partial charge in [-0.25, -0.2) is 4.98 Å². The molecule has 0 aromatic carbocycles. The van der Waals surface area contributed by atoms with E-state index in [2.05, 4.69) is 15.2 Å². The van der Waals surface area contributed by atoms with E-state index in [9.17, 15) is 4.79 Å². The van der Waals surface area contributed by atoms with Crippen LogP contribution in [0.15, 0.2) is 18.2 Å². The Hall–Kier alpha value is -1.13. The fraction of sp³-hybridized carbons (Fsp3) is 0.538. The summed E-state index contributed by atoms with van der Waals surface area (Å²) in [4.78, 5) is 18.2. The highest BCUT2D eigenvalue weighted by molar-refractivity contribution is 6.29. The summed E-state index contributed by atoms with van der Waals surface area (Å²) in [6.45, 7) is 2.57. The van der Waals surface area contributed by atoms with Crippen molar-refractivity contribution in [3.05, 3.63) is 29.0 Å². The summed E-state index contributed by atoms with van der Waals surface area (Å²) in [5.74, 6) is 0.238. The zero-order valence-corrected chi connectivity index (χ0v) is 11.3. The third-order valence-corrected chi connectivity index (χ3v) is 3.49. The van der Waals surface area contributed by atoms with Crippen LogP contribution in [0.3, 0.4) is 0 Å². The van der Waals surface area contributed by atoms with Gasteiger partial charge >= 0.3 is 0 Å². The molecule has 18 heavy (non-hydrogen) atoms. The number of carbonyl (C=O) groups is 1. The van der Waals surface area contributed by atoms with Gasteiger partial charge < -0.3 is 5.32 Å². The van der Waals surface area contributed by atoms with Crippen molar-refractivity contribution in [2.45, 2.75) is 19.4 Å². The minimum Gasteiger partial charge on any atom is -0.359 e. The van der Waals surface area contributed by atoms with Crippen LogP contribution in [0.5, 0.6) is 0 Å². The van der Waals surface area contributed by atoms with Gasteiger partial charge in [0.05, 0.1) is 11.6 Å². The lowest BCUT2D eigenvalue weighted by atomic mass is 9.97. The molecule has 1 aromatic heterocycles. The van der Waals surface area contributed by atoms with Crippen molar-refractivity contribution in [3.8, 4) is 0 Å². The minimum absolute atomic E-state index is 0.0999. The van der Waals surface area contributed by atoms with E-state index >= 15 is 0 Å². The molecule has 1 atom stereocenters. The average molecular weight is 268 g/mol. The van der Waals surface area contributed by atoms with Gasteiger partial charge in [0, 0.05) is 20.1 Å². The van der Waals surface area contributed by atoms with Gasteiger partial charge in [-0.05, 0) is 31.5 Å². The lowest BCUT2D eigenvalue weighted by Gasteiger charge is -2.31. The average Bonchev–Trinajstić information content (AvgIpc) is 2.38. The maximum absolute atomic E-state index is 11.6. The van der Waals surface area contributed by atoms with Gasteiger partial charge in [-0.15, -0.1) is 0 Å². The zero-order chi connectivity index (χ0) is 13.0. The number of piperidine rings is 1. The van der Waals surface area contributed by atoms with Crippen LogP contribution in [0.2, 0.25) is 5.15 Å². The molecular formula is C13H18ClN3O. The monoisotopic (exact) mass is 267 g/mol. The summed E-state index contributed by atoms with van der Waals surface area (Å²) < 4.78 is 0. The van der Waals surface area contributed by atoms with Crippen LogP contribution >= 0.6 is 11.6 Å². The van der Waals surface area contributed by atoms with Crippen LogP contribution in [0.1, 0.15) is 18.5 Å². The molecule has 0 aliphatic carbocycles. The van der Waals surface area contributed by atoms with E-state index in [1.54, 1.807) is 13.1 Å². The fourth-order valence-electron chi connectivity index (χ4n) is 2.38. The summed E-state index contributed by atoms with van der Waals surface area (Å²) in [6, 6.07) is 5.65. The van der Waals surface area contributed by atoms with Crippen LogP contribution in [-0.4, -0.2) is 35.9 Å². The Morgan fingerprint density at radius 1 is 1.61 bits per heavy atom. The number of halogens is 1. The molecule has 98 valence electrons. The van der Waals surface area contributed by atoms with E-state index in [-0.39, 0.29) is 11.8 Å². The van der Waals surface area contributed by atoms with Crippen LogP contribution in [0.25, 0.3) is 0 Å². The van der Waals surface area contributed by atoms with Crippen molar-refractivity contribution in [2.75, 3.05) is 20.1 Å². The van der Waals surface area contributed by atoms with Crippen molar-refractivity contribution in [1.82, 2.24) is 15.2 Å². The molecular weight excluding hydrogens is 250 g/mol. The first-order valence-electron chi connectivity index (χ1n) is 6.24. The van der Waals surface area contributed by atoms with E-state index in [0.717, 1.165) is 38.2 Å². The second-order valence-corrected chi connectivity index (χ2v) is 5.03. The molecule has 1 aliphatic heterocycles. The Kier molecular flexibility index (Phi) is 4.55. The minimum atomic E-state index is 0.0999. The van der Waals surface area contributed by atoms with E-state index < -0.39 is 0 Å². The second-order valence-electron chi connectivity index (χ2n) is 4.64. The molecule has 1 amide bonds. The molecule has 0 radical (unpaired) electrons. The predicted octanol–water partition coefficient (Wildman–Crippen LogP) is 1.69. The molecule has 1 fully saturated rings. The van der Waals surface area contributed by atoms with Gasteiger partial charge in [-0.1, -0.05) is 17.7 Å². The molecule has 4 nitrogen and oxygen atoms in total. The molecule has 0 saturated carbocycles. The number of carbonyl (C=O) groups excluding carboxylic acids is 1. The number of likely N-dealkylation sites (tertiary alicyclic amines) is 1. The molecule has 5 heteroatoms. The lowest BCUT2D eigenvalue weighted by molar-refractivity contribution is -0.126. The largest absolute Gasteiger partial charge is 0.359 e. The standard InChI is InChI=1S/C13H18ClN3O/c1-15-13(18)10-4-3-7-17(8-10)9-11-5-2-6-12(14)16-11/h2,5-6,10H,3-4,7-9H2,1H3,(H,15,18). The maximum atomic E-state index is 11.6. The van der Waals surface area contributed by atoms with Gasteiger partial charge in [0.25, 0.3) is 0 Å². The van der Waals surface area contributed by atoms with Gasteiger partial charge in [0.2, 0.25) is 5.91 Å². The fourth-order valence-corrected chi connectivity index (χ4v) is 2.57. The smallest absolute Gasteiger partial charge is 0.224 e. The summed E-state index contributed by atoms with van der Waals surface area (Å²) >= 11 is 5.87. The van der Waals surface area contributed by atoms with E-state index in [0.29, 0.717) is 5.15 Å². The molecule has 1 aliphatic rings. The van der Waals surface area contributed by atoms with Crippen LogP contribution in [-0.2, 0) is 11.3 Å². The quantitative estimate of drug-likeness (QED) is 0.848. The molecule has 1 unspecified atom stereocenters. The zero-order valence-electron chi connectivity index (χ0n) is 10.5. The van der Waals surface area contributed by atoms with Gasteiger partial charge in [0.15, 0.2) is 0 Å². The second kappa shape index (κ2) is 6.16. The highest BCUT2D eigenvalue weighted by Crippen LogP contribution is 2.18. The Bertz CT molecular complexity index is 424. The number of amides is 1. The molecule has 2 heterocycles. The summed E-state index contributed by atoms with van der Waals surface area (Å²) in [7, 11) is 1.69. The number of aromatic nitrogens is 1. The highest BCUT2D eigenvalue weighted by Gasteiger charge is 2.25. The predicted molar refractivity (Wildman–Crippen MR) is 71.3 cm³/mol. The molecule has 0 bridgehead atoms. The molecule has 0 spiro atoms. The molecule has 1 aromatic rings. The third-order valence-electron chi connectivity index (χ3n) is 3.28. The number of hydrogen-bond acceptors (Lipinski definition) is 3. The van der Waals surface area contributed by atoms with Gasteiger partial charge in [0.1, 0.15) is 5.15 Å². The summed E-state index contributed by atoms with van der Waals surface area (Å²) in [6.07, 6.45) is 2.03. The molecule has 1 N–H and O–H groups in total. The topological polar surface area (TPSA) is 45.2 Å². The first-order chi connectivity index (χ1) is 8.69. The van der Waals surface area contributed by atoms with E-state index in [4.69, 9.17) is 11.6 Å². The van der Waals surface area contributed by atoms with Crippen LogP contribution in [0.4, 0.5) is 0 Å². The van der Waals surface area contributed by atoms with E-state index in [1.807, 2.05) is 12.1 Å². The Morgan fingerprint density at radius 3 is 3.17 bits per heavy atom. The van der Waals surface area contributed by atoms with E-state index in [1.165, 1.54) is 0 Å². The first-order valence-corrected chi connectivity index (χ1v) is 6.62. The summed E-state index contributed by atoms with van der Waals surface area (Å²) in [5, 5.41) is 3.25. The third kappa shape index (κ3) is 3.43. The normalized spacial score (nSPS) is 20.7. The lowest BCUT2D eigenvalue weighted by Crippen LogP contribution is -2.41. The summed E-state index contributed by atoms with van der Waals surface area (Å²) in [5.41, 5.74) is 0.958. The maximum Gasteiger partial charge on any atom is 0.224 e. The SMILES string of the molecule is CNC(=O)C1CCCN(Cc2cccc(Cl)n2)C1. The Labute approximate surface area is 112 Å². The van der Waals surface area contributed by atoms with Crippen molar-refractivity contribution in [3.63, 3.8) is 0 Å². The Morgan fingerprint density at radius 2 is 2.44 bits per heavy atom. The van der Waals surface area contributed by atoms with Crippen molar-refractivity contribution in [1.29, 1.82) is 0 Å². The first kappa shape index (κ1) is 13.3. The van der Waals surface area contributed by atoms with Crippen LogP contribution < -0.4 is 5.32 Å². The number of hydrogen-bond donors (Lipinski definition) is 1. The number of rotatable bonds is 3. The molecule has 1 saturated heterocycles. The number of pyridine rings is 1. The Balaban J connectivity index is 1.95.